The second-order valence-electron chi connectivity index (χ2n) is 5.43. The molecule has 1 amide bonds. The number of hydrogen-bond acceptors (Lipinski definition) is 6. The summed E-state index contributed by atoms with van der Waals surface area (Å²) in [5.74, 6) is 0.957. The summed E-state index contributed by atoms with van der Waals surface area (Å²) >= 11 is 0. The van der Waals surface area contributed by atoms with Crippen LogP contribution >= 0.6 is 0 Å². The van der Waals surface area contributed by atoms with Crippen LogP contribution in [0.1, 0.15) is 0 Å². The highest BCUT2D eigenvalue weighted by atomic mass is 19.1. The van der Waals surface area contributed by atoms with Crippen LogP contribution in [0.25, 0.3) is 0 Å². The van der Waals surface area contributed by atoms with Crippen LogP contribution in [0.4, 0.5) is 21.7 Å². The van der Waals surface area contributed by atoms with Crippen LogP contribution < -0.4 is 20.1 Å². The van der Waals surface area contributed by atoms with Gasteiger partial charge in [0.1, 0.15) is 5.82 Å². The third-order valence-electron chi connectivity index (χ3n) is 3.46. The van der Waals surface area contributed by atoms with Crippen molar-refractivity contribution < 1.29 is 18.7 Å². The van der Waals surface area contributed by atoms with Crippen molar-refractivity contribution in [2.45, 2.75) is 0 Å². The Morgan fingerprint density at radius 1 is 1.00 bits per heavy atom. The molecule has 0 bridgehead atoms. The van der Waals surface area contributed by atoms with Gasteiger partial charge in [0.15, 0.2) is 29.7 Å². The van der Waals surface area contributed by atoms with Crippen molar-refractivity contribution in [3.8, 4) is 11.5 Å². The molecular weight excluding hydrogens is 351 g/mol. The summed E-state index contributed by atoms with van der Waals surface area (Å²) in [5.41, 5.74) is 0.547. The smallest absolute Gasteiger partial charge is 0.263 e. The molecule has 1 heterocycles. The average Bonchev–Trinajstić information content (AvgIpc) is 2.68. The van der Waals surface area contributed by atoms with Gasteiger partial charge in [-0.2, -0.15) is 0 Å². The van der Waals surface area contributed by atoms with E-state index in [0.717, 1.165) is 0 Å². The number of halogens is 1. The molecule has 3 rings (SSSR count). The van der Waals surface area contributed by atoms with E-state index < -0.39 is 0 Å². The molecule has 0 spiro atoms. The fourth-order valence-electron chi connectivity index (χ4n) is 2.24. The monoisotopic (exact) mass is 368 g/mol. The van der Waals surface area contributed by atoms with Crippen molar-refractivity contribution in [3.05, 3.63) is 66.5 Å². The summed E-state index contributed by atoms with van der Waals surface area (Å²) in [7, 11) is 1.53. The molecule has 2 aromatic carbocycles. The number of ether oxygens (including phenoxy) is 2. The molecule has 0 aliphatic heterocycles. The first-order valence-electron chi connectivity index (χ1n) is 8.06. The van der Waals surface area contributed by atoms with Crippen LogP contribution in [0.15, 0.2) is 60.7 Å². The van der Waals surface area contributed by atoms with Gasteiger partial charge in [-0.25, -0.2) is 4.39 Å². The van der Waals surface area contributed by atoms with Crippen molar-refractivity contribution in [2.75, 3.05) is 24.4 Å². The summed E-state index contributed by atoms with van der Waals surface area (Å²) in [6, 6.07) is 16.2. The molecule has 0 fully saturated rings. The maximum atomic E-state index is 13.2. The minimum atomic E-state index is -0.388. The van der Waals surface area contributed by atoms with Crippen molar-refractivity contribution in [1.82, 2.24) is 10.2 Å². The van der Waals surface area contributed by atoms with E-state index in [1.54, 1.807) is 48.5 Å². The predicted octanol–water partition coefficient (Wildman–Crippen LogP) is 3.39. The van der Waals surface area contributed by atoms with Crippen LogP contribution in [0.3, 0.4) is 0 Å². The van der Waals surface area contributed by atoms with Crippen molar-refractivity contribution in [3.63, 3.8) is 0 Å². The zero-order valence-corrected chi connectivity index (χ0v) is 14.5. The van der Waals surface area contributed by atoms with E-state index in [-0.39, 0.29) is 24.1 Å². The second-order valence-corrected chi connectivity index (χ2v) is 5.43. The number of benzene rings is 2. The quantitative estimate of drug-likeness (QED) is 0.665. The van der Waals surface area contributed by atoms with Gasteiger partial charge in [-0.3, -0.25) is 4.79 Å². The molecule has 138 valence electrons. The van der Waals surface area contributed by atoms with Crippen LogP contribution in [-0.2, 0) is 4.79 Å². The topological polar surface area (TPSA) is 85.4 Å². The predicted molar refractivity (Wildman–Crippen MR) is 98.8 cm³/mol. The third-order valence-corrected chi connectivity index (χ3v) is 3.46. The number of rotatable bonds is 7. The van der Waals surface area contributed by atoms with E-state index in [1.165, 1.54) is 19.2 Å². The Balaban J connectivity index is 1.54. The number of para-hydroxylation sites is 2. The molecule has 0 aliphatic rings. The first-order valence-corrected chi connectivity index (χ1v) is 8.06. The van der Waals surface area contributed by atoms with Crippen LogP contribution in [0.2, 0.25) is 0 Å². The third kappa shape index (κ3) is 5.15. The van der Waals surface area contributed by atoms with Gasteiger partial charge in [0.25, 0.3) is 5.91 Å². The molecule has 0 aliphatic carbocycles. The van der Waals surface area contributed by atoms with Gasteiger partial charge in [0, 0.05) is 5.69 Å². The molecule has 0 atom stereocenters. The van der Waals surface area contributed by atoms with Gasteiger partial charge in [-0.05, 0) is 42.5 Å². The molecule has 0 saturated heterocycles. The van der Waals surface area contributed by atoms with E-state index in [4.69, 9.17) is 9.47 Å². The van der Waals surface area contributed by atoms with Gasteiger partial charge < -0.3 is 20.1 Å². The maximum absolute atomic E-state index is 13.2. The highest BCUT2D eigenvalue weighted by Crippen LogP contribution is 2.25. The number of methoxy groups -OCH3 is 1. The Morgan fingerprint density at radius 2 is 1.74 bits per heavy atom. The van der Waals surface area contributed by atoms with E-state index >= 15 is 0 Å². The van der Waals surface area contributed by atoms with Gasteiger partial charge in [-0.15, -0.1) is 10.2 Å². The molecule has 7 nitrogen and oxygen atoms in total. The van der Waals surface area contributed by atoms with Gasteiger partial charge in [-0.1, -0.05) is 18.2 Å². The van der Waals surface area contributed by atoms with Gasteiger partial charge in [0.2, 0.25) is 0 Å². The van der Waals surface area contributed by atoms with Crippen LogP contribution in [0, 0.1) is 5.82 Å². The molecule has 0 unspecified atom stereocenters. The molecule has 8 heteroatoms. The highest BCUT2D eigenvalue weighted by molar-refractivity contribution is 5.91. The first-order chi connectivity index (χ1) is 13.1. The first kappa shape index (κ1) is 18.1. The lowest BCUT2D eigenvalue weighted by molar-refractivity contribution is -0.118. The Morgan fingerprint density at radius 3 is 2.44 bits per heavy atom. The molecule has 27 heavy (non-hydrogen) atoms. The zero-order valence-electron chi connectivity index (χ0n) is 14.5. The van der Waals surface area contributed by atoms with E-state index in [9.17, 15) is 9.18 Å². The number of nitrogens with one attached hydrogen (secondary N) is 2. The Kier molecular flexibility index (Phi) is 5.78. The van der Waals surface area contributed by atoms with Gasteiger partial charge in [0.05, 0.1) is 7.11 Å². The van der Waals surface area contributed by atoms with E-state index in [2.05, 4.69) is 20.8 Å². The number of nitrogens with zero attached hydrogens (tertiary/aromatic N) is 2. The Bertz CT molecular complexity index is 919. The molecule has 0 saturated carbocycles. The number of aromatic nitrogens is 2. The van der Waals surface area contributed by atoms with Crippen molar-refractivity contribution in [2.24, 2.45) is 0 Å². The van der Waals surface area contributed by atoms with Crippen LogP contribution in [-0.4, -0.2) is 29.8 Å². The lowest BCUT2D eigenvalue weighted by atomic mass is 10.3. The zero-order chi connectivity index (χ0) is 19.1. The standard InChI is InChI=1S/C19H17FN4O3/c1-26-15-7-2-3-8-16(15)27-12-19(25)22-18-10-9-17(23-24-18)21-14-6-4-5-13(20)11-14/h2-11H,12H2,1H3,(H,21,23)(H,22,24,25). The second kappa shape index (κ2) is 8.61. The fourth-order valence-corrected chi connectivity index (χ4v) is 2.24. The molecule has 2 N–H and O–H groups in total. The minimum absolute atomic E-state index is 0.203. The summed E-state index contributed by atoms with van der Waals surface area (Å²) in [4.78, 5) is 12.0. The number of carbonyl (C=O) groups is 1. The Hall–Kier alpha value is -3.68. The number of carbonyl (C=O) groups excluding carboxylic acids is 1. The van der Waals surface area contributed by atoms with Crippen LogP contribution in [0.5, 0.6) is 11.5 Å². The highest BCUT2D eigenvalue weighted by Gasteiger charge is 2.08. The molecule has 0 radical (unpaired) electrons. The lowest BCUT2D eigenvalue weighted by Crippen LogP contribution is -2.21. The van der Waals surface area contributed by atoms with Crippen molar-refractivity contribution >= 4 is 23.2 Å². The average molecular weight is 368 g/mol. The number of amides is 1. The van der Waals surface area contributed by atoms with Crippen molar-refractivity contribution in [1.29, 1.82) is 0 Å². The van der Waals surface area contributed by atoms with E-state index in [0.29, 0.717) is 23.0 Å². The number of hydrogen-bond donors (Lipinski definition) is 2. The lowest BCUT2D eigenvalue weighted by Gasteiger charge is -2.10. The molecular formula is C19H17FN4O3. The summed E-state index contributed by atoms with van der Waals surface area (Å²) < 4.78 is 23.8. The largest absolute Gasteiger partial charge is 0.493 e. The SMILES string of the molecule is COc1ccccc1OCC(=O)Nc1ccc(Nc2cccc(F)c2)nn1. The summed E-state index contributed by atoms with van der Waals surface area (Å²) in [6.45, 7) is -0.203. The minimum Gasteiger partial charge on any atom is -0.493 e. The molecule has 1 aromatic heterocycles. The fraction of sp³-hybridized carbons (Fsp3) is 0.105. The summed E-state index contributed by atoms with van der Waals surface area (Å²) in [6.07, 6.45) is 0. The Labute approximate surface area is 155 Å². The maximum Gasteiger partial charge on any atom is 0.263 e. The van der Waals surface area contributed by atoms with Gasteiger partial charge >= 0.3 is 0 Å². The summed E-state index contributed by atoms with van der Waals surface area (Å²) in [5, 5.41) is 13.4. The van der Waals surface area contributed by atoms with E-state index in [1.807, 2.05) is 0 Å². The normalized spacial score (nSPS) is 10.1. The molecule has 3 aromatic rings. The number of anilines is 3.